The zero-order chi connectivity index (χ0) is 14.7. The van der Waals surface area contributed by atoms with Crippen LogP contribution >= 0.6 is 11.5 Å². The van der Waals surface area contributed by atoms with Crippen molar-refractivity contribution in [3.05, 3.63) is 34.8 Å². The Hall–Kier alpha value is -1.99. The first-order valence-electron chi connectivity index (χ1n) is 6.75. The molecule has 3 rings (SSSR count). The third kappa shape index (κ3) is 2.88. The average molecular weight is 303 g/mol. The monoisotopic (exact) mass is 303 g/mol. The summed E-state index contributed by atoms with van der Waals surface area (Å²) in [6, 6.07) is 8.11. The van der Waals surface area contributed by atoms with Crippen molar-refractivity contribution in [2.75, 3.05) is 19.0 Å². The average Bonchev–Trinajstić information content (AvgIpc) is 3.06. The van der Waals surface area contributed by atoms with Crippen LogP contribution in [0.5, 0.6) is 0 Å². The molecule has 0 fully saturated rings. The Balaban J connectivity index is 1.87. The number of nitrogens with zero attached hydrogens (tertiary/aromatic N) is 4. The van der Waals surface area contributed by atoms with Gasteiger partial charge in [0.05, 0.1) is 34.8 Å². The minimum atomic E-state index is 0.649. The molecule has 0 amide bonds. The van der Waals surface area contributed by atoms with Gasteiger partial charge in [0.1, 0.15) is 0 Å². The summed E-state index contributed by atoms with van der Waals surface area (Å²) in [6.45, 7) is 4.06. The van der Waals surface area contributed by atoms with Gasteiger partial charge in [0.2, 0.25) is 5.95 Å². The number of anilines is 1. The highest BCUT2D eigenvalue weighted by atomic mass is 32.1. The number of hydrogen-bond donors (Lipinski definition) is 1. The molecule has 1 aromatic carbocycles. The van der Waals surface area contributed by atoms with Crippen molar-refractivity contribution in [1.29, 1.82) is 0 Å². The van der Waals surface area contributed by atoms with E-state index in [9.17, 15) is 0 Å². The van der Waals surface area contributed by atoms with E-state index in [1.54, 1.807) is 7.11 Å². The van der Waals surface area contributed by atoms with E-state index in [0.29, 0.717) is 13.2 Å². The molecule has 0 atom stereocenters. The van der Waals surface area contributed by atoms with Crippen LogP contribution in [0.2, 0.25) is 0 Å². The first kappa shape index (κ1) is 14.0. The van der Waals surface area contributed by atoms with E-state index in [1.165, 1.54) is 11.5 Å². The maximum atomic E-state index is 5.19. The normalized spacial score (nSPS) is 11.1. The van der Waals surface area contributed by atoms with Gasteiger partial charge in [-0.25, -0.2) is 4.98 Å². The van der Waals surface area contributed by atoms with Gasteiger partial charge in [-0.1, -0.05) is 16.6 Å². The smallest absolute Gasteiger partial charge is 0.204 e. The number of para-hydroxylation sites is 2. The molecule has 2 aromatic heterocycles. The van der Waals surface area contributed by atoms with Crippen molar-refractivity contribution in [3.63, 3.8) is 0 Å². The summed E-state index contributed by atoms with van der Waals surface area (Å²) in [4.78, 5) is 5.78. The van der Waals surface area contributed by atoms with Gasteiger partial charge in [0.15, 0.2) is 0 Å². The minimum Gasteiger partial charge on any atom is -0.383 e. The minimum absolute atomic E-state index is 0.649. The van der Waals surface area contributed by atoms with Crippen molar-refractivity contribution in [3.8, 4) is 0 Å². The summed E-state index contributed by atoms with van der Waals surface area (Å²) in [6.07, 6.45) is 0. The Morgan fingerprint density at radius 1 is 1.33 bits per heavy atom. The van der Waals surface area contributed by atoms with E-state index in [-0.39, 0.29) is 0 Å². The topological polar surface area (TPSA) is 64.9 Å². The number of nitrogens with one attached hydrogen (secondary N) is 1. The maximum Gasteiger partial charge on any atom is 0.204 e. The standard InChI is InChI=1S/C14H17N5OS/c1-10-13(21-18-17-10)9-15-14-16-11-5-3-4-6-12(11)19(14)7-8-20-2/h3-6H,7-9H2,1-2H3,(H,15,16). The fourth-order valence-electron chi connectivity index (χ4n) is 2.19. The second-order valence-electron chi connectivity index (χ2n) is 4.70. The molecule has 0 aliphatic rings. The largest absolute Gasteiger partial charge is 0.383 e. The molecule has 3 aromatic rings. The van der Waals surface area contributed by atoms with E-state index < -0.39 is 0 Å². The number of ether oxygens (including phenoxy) is 1. The molecular weight excluding hydrogens is 286 g/mol. The number of fused-ring (bicyclic) bond motifs is 1. The second-order valence-corrected chi connectivity index (χ2v) is 5.54. The van der Waals surface area contributed by atoms with Crippen LogP contribution in [0.3, 0.4) is 0 Å². The van der Waals surface area contributed by atoms with Crippen molar-refractivity contribution < 1.29 is 4.74 Å². The molecule has 21 heavy (non-hydrogen) atoms. The molecule has 0 radical (unpaired) electrons. The van der Waals surface area contributed by atoms with E-state index in [0.717, 1.165) is 34.1 Å². The quantitative estimate of drug-likeness (QED) is 0.758. The first-order chi connectivity index (χ1) is 10.3. The Morgan fingerprint density at radius 2 is 2.19 bits per heavy atom. The molecule has 0 aliphatic carbocycles. The van der Waals surface area contributed by atoms with Crippen LogP contribution in [0.25, 0.3) is 11.0 Å². The number of aryl methyl sites for hydroxylation is 1. The predicted octanol–water partition coefficient (Wildman–Crippen LogP) is 2.45. The van der Waals surface area contributed by atoms with Crippen LogP contribution < -0.4 is 5.32 Å². The van der Waals surface area contributed by atoms with Crippen molar-refractivity contribution in [2.24, 2.45) is 0 Å². The summed E-state index contributed by atoms with van der Waals surface area (Å²) in [5.74, 6) is 0.848. The molecule has 0 unspecified atom stereocenters. The number of benzene rings is 1. The summed E-state index contributed by atoms with van der Waals surface area (Å²) in [5.41, 5.74) is 3.05. The van der Waals surface area contributed by atoms with Gasteiger partial charge in [-0.3, -0.25) is 0 Å². The lowest BCUT2D eigenvalue weighted by molar-refractivity contribution is 0.188. The van der Waals surface area contributed by atoms with Gasteiger partial charge >= 0.3 is 0 Å². The fourth-order valence-corrected chi connectivity index (χ4v) is 2.76. The van der Waals surface area contributed by atoms with Gasteiger partial charge in [-0.2, -0.15) is 0 Å². The number of rotatable bonds is 6. The Kier molecular flexibility index (Phi) is 4.12. The van der Waals surface area contributed by atoms with Crippen LogP contribution in [0.4, 0.5) is 5.95 Å². The predicted molar refractivity (Wildman–Crippen MR) is 83.6 cm³/mol. The van der Waals surface area contributed by atoms with E-state index in [2.05, 4.69) is 30.5 Å². The molecule has 0 bridgehead atoms. The highest BCUT2D eigenvalue weighted by molar-refractivity contribution is 7.05. The van der Waals surface area contributed by atoms with Crippen molar-refractivity contribution in [1.82, 2.24) is 19.1 Å². The summed E-state index contributed by atoms with van der Waals surface area (Å²) in [5, 5.41) is 7.41. The van der Waals surface area contributed by atoms with Gasteiger partial charge in [-0.05, 0) is 30.6 Å². The molecule has 0 saturated carbocycles. The molecule has 6 nitrogen and oxygen atoms in total. The molecular formula is C14H17N5OS. The number of hydrogen-bond acceptors (Lipinski definition) is 6. The van der Waals surface area contributed by atoms with Gasteiger partial charge in [-0.15, -0.1) is 5.10 Å². The van der Waals surface area contributed by atoms with Crippen LogP contribution in [-0.2, 0) is 17.8 Å². The van der Waals surface area contributed by atoms with E-state index in [1.807, 2.05) is 25.1 Å². The Bertz CT molecular complexity index is 736. The van der Waals surface area contributed by atoms with E-state index in [4.69, 9.17) is 4.74 Å². The van der Waals surface area contributed by atoms with Gasteiger partial charge in [0, 0.05) is 13.7 Å². The summed E-state index contributed by atoms with van der Waals surface area (Å²) < 4.78 is 11.3. The molecule has 110 valence electrons. The van der Waals surface area contributed by atoms with Gasteiger partial charge < -0.3 is 14.6 Å². The number of methoxy groups -OCH3 is 1. The highest BCUT2D eigenvalue weighted by Crippen LogP contribution is 2.20. The molecule has 7 heteroatoms. The van der Waals surface area contributed by atoms with Crippen LogP contribution in [0.1, 0.15) is 10.6 Å². The molecule has 0 aliphatic heterocycles. The molecule has 2 heterocycles. The number of aromatic nitrogens is 4. The SMILES string of the molecule is COCCn1c(NCc2snnc2C)nc2ccccc21. The lowest BCUT2D eigenvalue weighted by Crippen LogP contribution is -2.10. The zero-order valence-corrected chi connectivity index (χ0v) is 12.9. The maximum absolute atomic E-state index is 5.19. The molecule has 0 saturated heterocycles. The van der Waals surface area contributed by atoms with E-state index >= 15 is 0 Å². The Morgan fingerprint density at radius 3 is 2.95 bits per heavy atom. The highest BCUT2D eigenvalue weighted by Gasteiger charge is 2.11. The summed E-state index contributed by atoms with van der Waals surface area (Å²) >= 11 is 1.41. The molecule has 1 N–H and O–H groups in total. The van der Waals surface area contributed by atoms with Crippen LogP contribution in [-0.4, -0.2) is 32.9 Å². The molecule has 0 spiro atoms. The Labute approximate surface area is 126 Å². The third-order valence-electron chi connectivity index (χ3n) is 3.33. The third-order valence-corrected chi connectivity index (χ3v) is 4.15. The lowest BCUT2D eigenvalue weighted by Gasteiger charge is -2.09. The van der Waals surface area contributed by atoms with Crippen molar-refractivity contribution in [2.45, 2.75) is 20.0 Å². The fraction of sp³-hybridized carbons (Fsp3) is 0.357. The summed E-state index contributed by atoms with van der Waals surface area (Å²) in [7, 11) is 1.71. The van der Waals surface area contributed by atoms with Crippen LogP contribution in [0.15, 0.2) is 24.3 Å². The van der Waals surface area contributed by atoms with Gasteiger partial charge in [0.25, 0.3) is 0 Å². The second kappa shape index (κ2) is 6.19. The zero-order valence-electron chi connectivity index (χ0n) is 12.0. The number of imidazole rings is 1. The van der Waals surface area contributed by atoms with Crippen LogP contribution in [0, 0.1) is 6.92 Å². The van der Waals surface area contributed by atoms with Crippen molar-refractivity contribution >= 4 is 28.5 Å². The lowest BCUT2D eigenvalue weighted by atomic mass is 10.3. The first-order valence-corrected chi connectivity index (χ1v) is 7.53.